The molecule has 0 aliphatic carbocycles. The maximum atomic E-state index is 11.2. The molecule has 0 atom stereocenters. The van der Waals surface area contributed by atoms with Crippen molar-refractivity contribution in [3.8, 4) is 5.75 Å². The zero-order valence-corrected chi connectivity index (χ0v) is 11.9. The van der Waals surface area contributed by atoms with Crippen molar-refractivity contribution in [1.82, 2.24) is 0 Å². The third-order valence-electron chi connectivity index (χ3n) is 2.92. The van der Waals surface area contributed by atoms with Crippen LogP contribution in [0.15, 0.2) is 36.4 Å². The normalized spacial score (nSPS) is 11.0. The third-order valence-corrected chi connectivity index (χ3v) is 5.12. The molecule has 1 heterocycles. The van der Waals surface area contributed by atoms with Gasteiger partial charge in [-0.15, -0.1) is 0 Å². The predicted molar refractivity (Wildman–Crippen MR) is 74.4 cm³/mol. The Bertz CT molecular complexity index is 756. The van der Waals surface area contributed by atoms with Gasteiger partial charge < -0.3 is 0 Å². The molecule has 3 rings (SSSR count). The molecular weight excluding hydrogens is 291 g/mol. The number of esters is 1. The van der Waals surface area contributed by atoms with E-state index in [-0.39, 0.29) is 20.5 Å². The van der Waals surface area contributed by atoms with Crippen LogP contribution < -0.4 is 4.74 Å². The Morgan fingerprint density at radius 2 is 1.83 bits per heavy atom. The van der Waals surface area contributed by atoms with Gasteiger partial charge in [0.2, 0.25) is 0 Å². The average molecular weight is 303 g/mol. The summed E-state index contributed by atoms with van der Waals surface area (Å²) in [6, 6.07) is 12.6. The van der Waals surface area contributed by atoms with Gasteiger partial charge in [0, 0.05) is 0 Å². The molecule has 0 N–H and O–H groups in total. The van der Waals surface area contributed by atoms with E-state index in [0.29, 0.717) is 0 Å². The van der Waals surface area contributed by atoms with Crippen molar-refractivity contribution in [3.05, 3.63) is 40.8 Å². The number of aryl methyl sites for hydroxylation is 1. The van der Waals surface area contributed by atoms with E-state index in [2.05, 4.69) is 24.3 Å². The Morgan fingerprint density at radius 1 is 1.17 bits per heavy atom. The zero-order valence-electron chi connectivity index (χ0n) is 10.2. The molecule has 0 unspecified atom stereocenters. The second-order valence-electron chi connectivity index (χ2n) is 4.28. The summed E-state index contributed by atoms with van der Waals surface area (Å²) in [7, 11) is 0. The van der Waals surface area contributed by atoms with E-state index >= 15 is 0 Å². The molecule has 3 heteroatoms. The van der Waals surface area contributed by atoms with Crippen LogP contribution in [0.4, 0.5) is 0 Å². The standard InChI is InChI=1S/C15H12O2Se/c1-9-15(17-10(2)16)13-7-11-5-3-4-6-12(11)8-14(13)18-9/h3-8H,1-2H3. The van der Waals surface area contributed by atoms with Crippen LogP contribution in [0.5, 0.6) is 5.75 Å². The molecule has 0 amide bonds. The van der Waals surface area contributed by atoms with E-state index in [4.69, 9.17) is 4.74 Å². The van der Waals surface area contributed by atoms with Gasteiger partial charge in [-0.3, -0.25) is 0 Å². The summed E-state index contributed by atoms with van der Waals surface area (Å²) in [5, 5.41) is 3.52. The predicted octanol–water partition coefficient (Wildman–Crippen LogP) is 3.28. The molecule has 0 aliphatic heterocycles. The van der Waals surface area contributed by atoms with Crippen molar-refractivity contribution >= 4 is 40.9 Å². The summed E-state index contributed by atoms with van der Waals surface area (Å²) in [6.07, 6.45) is 0. The summed E-state index contributed by atoms with van der Waals surface area (Å²) < 4.78 is 7.84. The molecule has 3 aromatic rings. The Hall–Kier alpha value is -1.57. The van der Waals surface area contributed by atoms with Crippen molar-refractivity contribution in [1.29, 1.82) is 0 Å². The number of fused-ring (bicyclic) bond motifs is 2. The second-order valence-corrected chi connectivity index (χ2v) is 6.91. The van der Waals surface area contributed by atoms with E-state index in [0.717, 1.165) is 11.1 Å². The molecule has 90 valence electrons. The van der Waals surface area contributed by atoms with Gasteiger partial charge in [-0.25, -0.2) is 0 Å². The molecule has 0 bridgehead atoms. The van der Waals surface area contributed by atoms with Crippen molar-refractivity contribution in [2.75, 3.05) is 0 Å². The first-order valence-corrected chi connectivity index (χ1v) is 7.47. The number of carbonyl (C=O) groups is 1. The summed E-state index contributed by atoms with van der Waals surface area (Å²) in [6.45, 7) is 3.50. The van der Waals surface area contributed by atoms with Gasteiger partial charge in [-0.05, 0) is 0 Å². The number of benzene rings is 2. The van der Waals surface area contributed by atoms with Crippen LogP contribution in [0, 0.1) is 6.92 Å². The number of rotatable bonds is 1. The van der Waals surface area contributed by atoms with Crippen LogP contribution in [0.1, 0.15) is 11.4 Å². The van der Waals surface area contributed by atoms with E-state index in [1.807, 2.05) is 19.1 Å². The van der Waals surface area contributed by atoms with E-state index in [9.17, 15) is 4.79 Å². The number of hydrogen-bond donors (Lipinski definition) is 0. The minimum atomic E-state index is -0.249. The van der Waals surface area contributed by atoms with Crippen LogP contribution in [0.3, 0.4) is 0 Å². The van der Waals surface area contributed by atoms with E-state index in [1.54, 1.807) is 0 Å². The molecule has 0 fully saturated rings. The average Bonchev–Trinajstić information content (AvgIpc) is 2.62. The molecule has 1 aromatic heterocycles. The molecule has 0 spiro atoms. The minimum absolute atomic E-state index is 0.249. The van der Waals surface area contributed by atoms with Gasteiger partial charge >= 0.3 is 111 Å². The molecular formula is C15H12O2Se. The molecule has 18 heavy (non-hydrogen) atoms. The fourth-order valence-corrected chi connectivity index (χ4v) is 4.30. The number of hydrogen-bond acceptors (Lipinski definition) is 2. The Morgan fingerprint density at radius 3 is 2.50 bits per heavy atom. The summed E-state index contributed by atoms with van der Waals surface area (Å²) in [5.74, 6) is 0.518. The molecule has 0 saturated heterocycles. The maximum absolute atomic E-state index is 11.2. The molecule has 0 saturated carbocycles. The van der Waals surface area contributed by atoms with Gasteiger partial charge in [-0.1, -0.05) is 0 Å². The summed E-state index contributed by atoms with van der Waals surface area (Å²) in [5.41, 5.74) is 0. The van der Waals surface area contributed by atoms with Crippen LogP contribution in [0.2, 0.25) is 0 Å². The van der Waals surface area contributed by atoms with Crippen LogP contribution in [-0.2, 0) is 4.79 Å². The van der Waals surface area contributed by atoms with Crippen molar-refractivity contribution < 1.29 is 9.53 Å². The Balaban J connectivity index is 2.33. The molecule has 2 aromatic carbocycles. The van der Waals surface area contributed by atoms with E-state index in [1.165, 1.54) is 26.4 Å². The molecule has 0 aliphatic rings. The van der Waals surface area contributed by atoms with Gasteiger partial charge in [-0.2, -0.15) is 0 Å². The number of carbonyl (C=O) groups excluding carboxylic acids is 1. The second kappa shape index (κ2) is 4.27. The Labute approximate surface area is 111 Å². The summed E-state index contributed by atoms with van der Waals surface area (Å²) >= 11 is 0.268. The van der Waals surface area contributed by atoms with Gasteiger partial charge in [0.05, 0.1) is 0 Å². The van der Waals surface area contributed by atoms with Crippen molar-refractivity contribution in [2.24, 2.45) is 0 Å². The van der Waals surface area contributed by atoms with Gasteiger partial charge in [0.25, 0.3) is 0 Å². The number of ether oxygens (including phenoxy) is 1. The van der Waals surface area contributed by atoms with Gasteiger partial charge in [0.15, 0.2) is 0 Å². The SMILES string of the molecule is CC(=O)Oc1c(C)[se]c2cc3ccccc3cc12. The van der Waals surface area contributed by atoms with Gasteiger partial charge in [0.1, 0.15) is 0 Å². The van der Waals surface area contributed by atoms with Crippen LogP contribution in [-0.4, -0.2) is 20.5 Å². The van der Waals surface area contributed by atoms with Crippen molar-refractivity contribution in [2.45, 2.75) is 13.8 Å². The van der Waals surface area contributed by atoms with E-state index < -0.39 is 0 Å². The third kappa shape index (κ3) is 1.86. The fraction of sp³-hybridized carbons (Fsp3) is 0.133. The van der Waals surface area contributed by atoms with Crippen LogP contribution in [0.25, 0.3) is 20.4 Å². The monoisotopic (exact) mass is 304 g/mol. The zero-order chi connectivity index (χ0) is 12.7. The van der Waals surface area contributed by atoms with Crippen LogP contribution >= 0.6 is 0 Å². The summed E-state index contributed by atoms with van der Waals surface area (Å²) in [4.78, 5) is 11.2. The fourth-order valence-electron chi connectivity index (χ4n) is 2.15. The first-order valence-electron chi connectivity index (χ1n) is 5.75. The first-order chi connectivity index (χ1) is 8.65. The van der Waals surface area contributed by atoms with Crippen molar-refractivity contribution in [3.63, 3.8) is 0 Å². The first kappa shape index (κ1) is 11.5. The molecule has 2 nitrogen and oxygen atoms in total. The topological polar surface area (TPSA) is 26.3 Å². The quantitative estimate of drug-likeness (QED) is 0.509. The Kier molecular flexibility index (Phi) is 2.73. The molecule has 0 radical (unpaired) electrons.